The van der Waals surface area contributed by atoms with Crippen molar-refractivity contribution < 1.29 is 14.6 Å². The van der Waals surface area contributed by atoms with Gasteiger partial charge in [-0.25, -0.2) is 0 Å². The summed E-state index contributed by atoms with van der Waals surface area (Å²) in [4.78, 5) is 10.7. The highest BCUT2D eigenvalue weighted by Crippen LogP contribution is 2.12. The van der Waals surface area contributed by atoms with E-state index in [1.165, 1.54) is 7.11 Å². The van der Waals surface area contributed by atoms with Crippen LogP contribution in [0.3, 0.4) is 0 Å². The minimum atomic E-state index is -0.663. The van der Waals surface area contributed by atoms with Crippen molar-refractivity contribution in [2.45, 2.75) is 25.1 Å². The summed E-state index contributed by atoms with van der Waals surface area (Å²) in [7, 11) is 1.32. The number of aliphatic hydroxyl groups excluding tert-OH is 1. The zero-order chi connectivity index (χ0) is 7.56. The van der Waals surface area contributed by atoms with Crippen LogP contribution in [0.1, 0.15) is 12.8 Å². The zero-order valence-corrected chi connectivity index (χ0v) is 5.78. The van der Waals surface area contributed by atoms with Crippen molar-refractivity contribution in [3.05, 3.63) is 0 Å². The summed E-state index contributed by atoms with van der Waals surface area (Å²) in [6.07, 6.45) is 0.511. The van der Waals surface area contributed by atoms with E-state index >= 15 is 0 Å². The van der Waals surface area contributed by atoms with Crippen LogP contribution in [0.25, 0.3) is 0 Å². The van der Waals surface area contributed by atoms with Gasteiger partial charge in [-0.05, 0) is 12.8 Å². The van der Waals surface area contributed by atoms with Crippen LogP contribution in [0.4, 0.5) is 0 Å². The largest absolute Gasteiger partial charge is 0.468 e. The summed E-state index contributed by atoms with van der Waals surface area (Å²) in [6.45, 7) is 0. The van der Waals surface area contributed by atoms with Gasteiger partial charge >= 0.3 is 5.97 Å². The molecule has 1 radical (unpaired) electrons. The first-order chi connectivity index (χ1) is 4.74. The zero-order valence-electron chi connectivity index (χ0n) is 5.78. The molecule has 4 heteroatoms. The summed E-state index contributed by atoms with van der Waals surface area (Å²) in [5, 5.41) is 12.6. The van der Waals surface area contributed by atoms with Crippen LogP contribution in [0.2, 0.25) is 0 Å². The molecule has 1 N–H and O–H groups in total. The lowest BCUT2D eigenvalue weighted by Crippen LogP contribution is -2.29. The highest BCUT2D eigenvalue weighted by molar-refractivity contribution is 5.75. The van der Waals surface area contributed by atoms with Crippen molar-refractivity contribution >= 4 is 5.97 Å². The van der Waals surface area contributed by atoms with Crippen LogP contribution in [0, 0.1) is 0 Å². The smallest absolute Gasteiger partial charge is 0.324 e. The molecule has 0 spiro atoms. The van der Waals surface area contributed by atoms with Crippen LogP contribution < -0.4 is 5.32 Å². The van der Waals surface area contributed by atoms with Gasteiger partial charge in [0.1, 0.15) is 12.3 Å². The van der Waals surface area contributed by atoms with E-state index in [1.807, 2.05) is 0 Å². The lowest BCUT2D eigenvalue weighted by atomic mass is 10.2. The summed E-state index contributed by atoms with van der Waals surface area (Å²) >= 11 is 0. The van der Waals surface area contributed by atoms with Gasteiger partial charge in [0.2, 0.25) is 0 Å². The van der Waals surface area contributed by atoms with E-state index in [1.54, 1.807) is 0 Å². The minimum Gasteiger partial charge on any atom is -0.468 e. The molecule has 1 saturated heterocycles. The van der Waals surface area contributed by atoms with Crippen molar-refractivity contribution in [1.29, 1.82) is 0 Å². The Morgan fingerprint density at radius 2 is 2.40 bits per heavy atom. The molecule has 0 amide bonds. The van der Waals surface area contributed by atoms with Crippen molar-refractivity contribution in [2.75, 3.05) is 7.11 Å². The van der Waals surface area contributed by atoms with Gasteiger partial charge in [0.05, 0.1) is 7.11 Å². The highest BCUT2D eigenvalue weighted by atomic mass is 16.5. The third-order valence-electron chi connectivity index (χ3n) is 1.52. The third kappa shape index (κ3) is 1.46. The van der Waals surface area contributed by atoms with Crippen LogP contribution in [-0.4, -0.2) is 30.5 Å². The first-order valence-corrected chi connectivity index (χ1v) is 3.20. The van der Waals surface area contributed by atoms with Gasteiger partial charge in [0, 0.05) is 0 Å². The fourth-order valence-corrected chi connectivity index (χ4v) is 0.978. The number of rotatable bonds is 1. The maximum absolute atomic E-state index is 10.7. The number of esters is 1. The maximum atomic E-state index is 10.7. The average Bonchev–Trinajstić information content (AvgIpc) is 2.34. The molecule has 0 unspecified atom stereocenters. The predicted molar refractivity (Wildman–Crippen MR) is 33.2 cm³/mol. The van der Waals surface area contributed by atoms with Gasteiger partial charge in [-0.15, -0.1) is 0 Å². The SMILES string of the molecule is COC(=O)[C@@H]1CC[C@@H](O)[N]1. The Hall–Kier alpha value is -0.610. The van der Waals surface area contributed by atoms with Gasteiger partial charge in [0.15, 0.2) is 0 Å². The monoisotopic (exact) mass is 144 g/mol. The quantitative estimate of drug-likeness (QED) is 0.492. The first-order valence-electron chi connectivity index (χ1n) is 3.20. The number of methoxy groups -OCH3 is 1. The van der Waals surface area contributed by atoms with Crippen LogP contribution >= 0.6 is 0 Å². The Kier molecular flexibility index (Phi) is 2.24. The summed E-state index contributed by atoms with van der Waals surface area (Å²) in [5.41, 5.74) is 0. The molecule has 2 atom stereocenters. The molecule has 0 aromatic rings. The first kappa shape index (κ1) is 7.50. The Bertz CT molecular complexity index is 137. The Labute approximate surface area is 59.2 Å². The molecule has 1 fully saturated rings. The van der Waals surface area contributed by atoms with Crippen molar-refractivity contribution in [3.8, 4) is 0 Å². The molecule has 0 bridgehead atoms. The lowest BCUT2D eigenvalue weighted by molar-refractivity contribution is -0.143. The van der Waals surface area contributed by atoms with E-state index in [0.29, 0.717) is 12.8 Å². The molecule has 0 aliphatic carbocycles. The molecule has 0 aromatic heterocycles. The molecule has 1 heterocycles. The number of ether oxygens (including phenoxy) is 1. The number of carbonyl (C=O) groups excluding carboxylic acids is 1. The molecule has 1 aliphatic heterocycles. The molecule has 1 aliphatic rings. The molecular weight excluding hydrogens is 134 g/mol. The molecule has 1 rings (SSSR count). The normalized spacial score (nSPS) is 32.2. The summed E-state index contributed by atoms with van der Waals surface area (Å²) in [6, 6.07) is -0.431. The van der Waals surface area contributed by atoms with Gasteiger partial charge in [-0.3, -0.25) is 4.79 Å². The van der Waals surface area contributed by atoms with E-state index in [4.69, 9.17) is 5.11 Å². The highest BCUT2D eigenvalue weighted by Gasteiger charge is 2.29. The number of hydrogen-bond donors (Lipinski definition) is 1. The molecular formula is C6H10NO3. The van der Waals surface area contributed by atoms with E-state index in [-0.39, 0.29) is 5.97 Å². The third-order valence-corrected chi connectivity index (χ3v) is 1.52. The molecule has 10 heavy (non-hydrogen) atoms. The van der Waals surface area contributed by atoms with Gasteiger partial charge in [0.25, 0.3) is 0 Å². The molecule has 57 valence electrons. The molecule has 0 saturated carbocycles. The Morgan fingerprint density at radius 3 is 2.80 bits per heavy atom. The van der Waals surface area contributed by atoms with Gasteiger partial charge in [-0.1, -0.05) is 0 Å². The van der Waals surface area contributed by atoms with Crippen LogP contribution in [0.5, 0.6) is 0 Å². The van der Waals surface area contributed by atoms with E-state index < -0.39 is 12.3 Å². The number of nitrogens with zero attached hydrogens (tertiary/aromatic N) is 1. The Balaban J connectivity index is 2.37. The van der Waals surface area contributed by atoms with Crippen molar-refractivity contribution in [1.82, 2.24) is 5.32 Å². The molecule has 4 nitrogen and oxygen atoms in total. The van der Waals surface area contributed by atoms with Crippen LogP contribution in [0.15, 0.2) is 0 Å². The topological polar surface area (TPSA) is 60.6 Å². The van der Waals surface area contributed by atoms with Crippen LogP contribution in [-0.2, 0) is 9.53 Å². The standard InChI is InChI=1S/C6H10NO3/c1-10-6(9)4-2-3-5(8)7-4/h4-5,8H,2-3H2,1H3/t4-,5+/m0/s1. The lowest BCUT2D eigenvalue weighted by Gasteiger charge is -2.04. The second-order valence-electron chi connectivity index (χ2n) is 2.25. The van der Waals surface area contributed by atoms with E-state index in [9.17, 15) is 4.79 Å². The van der Waals surface area contributed by atoms with E-state index in [2.05, 4.69) is 10.1 Å². The average molecular weight is 144 g/mol. The fraction of sp³-hybridized carbons (Fsp3) is 0.833. The summed E-state index contributed by atoms with van der Waals surface area (Å²) < 4.78 is 4.44. The fourth-order valence-electron chi connectivity index (χ4n) is 0.978. The maximum Gasteiger partial charge on any atom is 0.324 e. The number of hydrogen-bond acceptors (Lipinski definition) is 3. The van der Waals surface area contributed by atoms with Gasteiger partial charge < -0.3 is 9.84 Å². The van der Waals surface area contributed by atoms with E-state index in [0.717, 1.165) is 0 Å². The predicted octanol–water partition coefficient (Wildman–Crippen LogP) is -0.755. The second-order valence-corrected chi connectivity index (χ2v) is 2.25. The number of carbonyl (C=O) groups is 1. The van der Waals surface area contributed by atoms with Gasteiger partial charge in [-0.2, -0.15) is 5.32 Å². The van der Waals surface area contributed by atoms with Crippen molar-refractivity contribution in [2.24, 2.45) is 0 Å². The number of aliphatic hydroxyl groups is 1. The minimum absolute atomic E-state index is 0.350. The second kappa shape index (κ2) is 2.98. The summed E-state index contributed by atoms with van der Waals surface area (Å²) in [5.74, 6) is -0.350. The Morgan fingerprint density at radius 1 is 1.70 bits per heavy atom. The molecule has 0 aromatic carbocycles. The van der Waals surface area contributed by atoms with Crippen molar-refractivity contribution in [3.63, 3.8) is 0 Å².